The number of benzene rings is 4. The molecule has 2 heterocycles. The van der Waals surface area contributed by atoms with Crippen LogP contribution in [-0.2, 0) is 11.3 Å². The van der Waals surface area contributed by atoms with Crippen LogP contribution >= 0.6 is 22.7 Å². The molecule has 0 aliphatic carbocycles. The zero-order chi connectivity index (χ0) is 25.2. The van der Waals surface area contributed by atoms with Gasteiger partial charge in [0.2, 0.25) is 12.1 Å². The Kier molecular flexibility index (Phi) is 6.26. The van der Waals surface area contributed by atoms with E-state index in [0.717, 1.165) is 47.6 Å². The highest BCUT2D eigenvalue weighted by Crippen LogP contribution is 2.39. The van der Waals surface area contributed by atoms with Crippen LogP contribution in [0.25, 0.3) is 30.5 Å². The number of thiazole rings is 1. The number of carboxylic acids is 1. The van der Waals surface area contributed by atoms with Crippen molar-refractivity contribution >= 4 is 55.9 Å². The zero-order valence-electron chi connectivity index (χ0n) is 19.8. The lowest BCUT2D eigenvalue weighted by Gasteiger charge is -2.25. The maximum absolute atomic E-state index is 11.6. The van der Waals surface area contributed by atoms with E-state index in [0.29, 0.717) is 0 Å². The third-order valence-electron chi connectivity index (χ3n) is 6.16. The lowest BCUT2D eigenvalue weighted by Crippen LogP contribution is -2.38. The molecule has 0 saturated heterocycles. The highest BCUT2D eigenvalue weighted by atomic mass is 32.1. The molecular weight excluding hydrogens is 496 g/mol. The predicted octanol–water partition coefficient (Wildman–Crippen LogP) is 8.14. The van der Waals surface area contributed by atoms with E-state index in [1.807, 2.05) is 41.0 Å². The SMILES string of the molecule is O=C(O)C[n+]1c(-c2ccc(-c3ccc(N(c4ccccc4)c4ccccc4)cc3)s2)sc2ccccc21. The molecule has 0 amide bonds. The zero-order valence-corrected chi connectivity index (χ0v) is 21.5. The van der Waals surface area contributed by atoms with Gasteiger partial charge in [-0.1, -0.05) is 72.0 Å². The van der Waals surface area contributed by atoms with Crippen LogP contribution in [0.3, 0.4) is 0 Å². The van der Waals surface area contributed by atoms with E-state index in [-0.39, 0.29) is 6.54 Å². The quantitative estimate of drug-likeness (QED) is 0.217. The van der Waals surface area contributed by atoms with Gasteiger partial charge in [0.1, 0.15) is 9.58 Å². The highest BCUT2D eigenvalue weighted by Gasteiger charge is 2.25. The van der Waals surface area contributed by atoms with Crippen LogP contribution in [-0.4, -0.2) is 11.1 Å². The number of hydrogen-bond acceptors (Lipinski definition) is 4. The molecular formula is C31H23N2O2S2+. The van der Waals surface area contributed by atoms with E-state index >= 15 is 0 Å². The minimum Gasteiger partial charge on any atom is -0.477 e. The van der Waals surface area contributed by atoms with Crippen molar-refractivity contribution in [3.05, 3.63) is 121 Å². The molecule has 0 bridgehead atoms. The van der Waals surface area contributed by atoms with Gasteiger partial charge < -0.3 is 10.0 Å². The smallest absolute Gasteiger partial charge is 0.370 e. The van der Waals surface area contributed by atoms with E-state index in [4.69, 9.17) is 0 Å². The Labute approximate surface area is 222 Å². The van der Waals surface area contributed by atoms with Gasteiger partial charge in [-0.2, -0.15) is 4.57 Å². The van der Waals surface area contributed by atoms with Gasteiger partial charge in [0.05, 0.1) is 0 Å². The van der Waals surface area contributed by atoms with Gasteiger partial charge in [0, 0.05) is 28.0 Å². The van der Waals surface area contributed by atoms with Crippen LogP contribution in [0.5, 0.6) is 0 Å². The summed E-state index contributed by atoms with van der Waals surface area (Å²) in [6, 6.07) is 41.5. The molecule has 0 atom stereocenters. The van der Waals surface area contributed by atoms with Crippen molar-refractivity contribution in [1.29, 1.82) is 0 Å². The van der Waals surface area contributed by atoms with E-state index in [9.17, 15) is 9.90 Å². The highest BCUT2D eigenvalue weighted by molar-refractivity contribution is 7.26. The number of fused-ring (bicyclic) bond motifs is 1. The first-order valence-corrected chi connectivity index (χ1v) is 13.5. The molecule has 37 heavy (non-hydrogen) atoms. The largest absolute Gasteiger partial charge is 0.477 e. The summed E-state index contributed by atoms with van der Waals surface area (Å²) in [6.45, 7) is -0.0594. The number of para-hydroxylation sites is 3. The maximum Gasteiger partial charge on any atom is 0.370 e. The van der Waals surface area contributed by atoms with Gasteiger partial charge in [-0.3, -0.25) is 0 Å². The molecule has 0 spiro atoms. The summed E-state index contributed by atoms with van der Waals surface area (Å²) in [5.74, 6) is -0.844. The van der Waals surface area contributed by atoms with Crippen LogP contribution in [0.1, 0.15) is 0 Å². The predicted molar refractivity (Wildman–Crippen MR) is 153 cm³/mol. The Morgan fingerprint density at radius 3 is 1.86 bits per heavy atom. The number of hydrogen-bond donors (Lipinski definition) is 1. The first-order valence-electron chi connectivity index (χ1n) is 11.9. The summed E-state index contributed by atoms with van der Waals surface area (Å²) < 4.78 is 2.98. The molecule has 0 saturated carbocycles. The summed E-state index contributed by atoms with van der Waals surface area (Å²) in [6.07, 6.45) is 0. The van der Waals surface area contributed by atoms with Gasteiger partial charge in [-0.15, -0.1) is 11.3 Å². The van der Waals surface area contributed by atoms with Crippen molar-refractivity contribution in [3.63, 3.8) is 0 Å². The van der Waals surface area contributed by atoms with Crippen molar-refractivity contribution in [2.24, 2.45) is 0 Å². The molecule has 6 rings (SSSR count). The second-order valence-corrected chi connectivity index (χ2v) is 10.7. The molecule has 0 fully saturated rings. The van der Waals surface area contributed by atoms with Crippen molar-refractivity contribution < 1.29 is 14.5 Å². The van der Waals surface area contributed by atoms with E-state index < -0.39 is 5.97 Å². The molecule has 0 unspecified atom stereocenters. The fraction of sp³-hybridized carbons (Fsp3) is 0.0323. The van der Waals surface area contributed by atoms with Gasteiger partial charge in [-0.25, -0.2) is 4.79 Å². The number of anilines is 3. The summed E-state index contributed by atoms with van der Waals surface area (Å²) in [7, 11) is 0. The van der Waals surface area contributed by atoms with E-state index in [1.165, 1.54) is 0 Å². The molecule has 180 valence electrons. The fourth-order valence-electron chi connectivity index (χ4n) is 4.49. The van der Waals surface area contributed by atoms with Gasteiger partial charge in [0.25, 0.3) is 5.01 Å². The maximum atomic E-state index is 11.6. The number of aromatic nitrogens is 1. The Morgan fingerprint density at radius 2 is 1.22 bits per heavy atom. The average Bonchev–Trinajstić information content (AvgIpc) is 3.56. The van der Waals surface area contributed by atoms with Crippen molar-refractivity contribution in [2.75, 3.05) is 4.90 Å². The van der Waals surface area contributed by atoms with Crippen LogP contribution in [0.15, 0.2) is 121 Å². The Bertz CT molecular complexity index is 1630. The Hall–Kier alpha value is -4.26. The first-order chi connectivity index (χ1) is 18.2. The van der Waals surface area contributed by atoms with Crippen molar-refractivity contribution in [1.82, 2.24) is 0 Å². The summed E-state index contributed by atoms with van der Waals surface area (Å²) in [5.41, 5.74) is 5.38. The Balaban J connectivity index is 1.35. The molecule has 1 N–H and O–H groups in total. The minimum absolute atomic E-state index is 0.0594. The summed E-state index contributed by atoms with van der Waals surface area (Å²) in [5, 5.41) is 10.5. The van der Waals surface area contributed by atoms with Crippen molar-refractivity contribution in [3.8, 4) is 20.3 Å². The molecule has 0 aliphatic rings. The first kappa shape index (κ1) is 23.2. The molecule has 4 nitrogen and oxygen atoms in total. The van der Waals surface area contributed by atoms with Crippen molar-refractivity contribution in [2.45, 2.75) is 6.54 Å². The van der Waals surface area contributed by atoms with Gasteiger partial charge >= 0.3 is 5.97 Å². The lowest BCUT2D eigenvalue weighted by molar-refractivity contribution is -0.645. The van der Waals surface area contributed by atoms with Crippen LogP contribution < -0.4 is 9.47 Å². The molecule has 0 aliphatic heterocycles. The second-order valence-electron chi connectivity index (χ2n) is 8.57. The number of carboxylic acid groups (broad SMARTS) is 1. The normalized spacial score (nSPS) is 11.0. The van der Waals surface area contributed by atoms with Crippen LogP contribution in [0.2, 0.25) is 0 Å². The lowest BCUT2D eigenvalue weighted by atomic mass is 10.1. The molecule has 6 aromatic rings. The number of thiophene rings is 1. The molecule has 4 aromatic carbocycles. The van der Waals surface area contributed by atoms with Crippen LogP contribution in [0.4, 0.5) is 17.1 Å². The summed E-state index contributed by atoms with van der Waals surface area (Å²) in [4.78, 5) is 16.1. The molecule has 2 aromatic heterocycles. The number of aliphatic carboxylic acids is 1. The number of rotatable bonds is 7. The second kappa shape index (κ2) is 10.0. The Morgan fingerprint density at radius 1 is 0.649 bits per heavy atom. The third-order valence-corrected chi connectivity index (χ3v) is 8.63. The monoisotopic (exact) mass is 519 g/mol. The van der Waals surface area contributed by atoms with Gasteiger partial charge in [-0.05, 0) is 60.2 Å². The van der Waals surface area contributed by atoms with E-state index in [1.54, 1.807) is 22.7 Å². The summed E-state index contributed by atoms with van der Waals surface area (Å²) >= 11 is 3.32. The van der Waals surface area contributed by atoms with Gasteiger partial charge in [0.15, 0.2) is 0 Å². The number of nitrogens with zero attached hydrogens (tertiary/aromatic N) is 2. The minimum atomic E-state index is -0.844. The average molecular weight is 520 g/mol. The van der Waals surface area contributed by atoms with E-state index in [2.05, 4.69) is 89.8 Å². The topological polar surface area (TPSA) is 44.4 Å². The molecule has 6 heteroatoms. The van der Waals surface area contributed by atoms with Crippen LogP contribution in [0, 0.1) is 0 Å². The fourth-order valence-corrected chi connectivity index (χ4v) is 6.78. The third kappa shape index (κ3) is 4.65. The number of carbonyl (C=O) groups is 1. The molecule has 0 radical (unpaired) electrons. The standard InChI is InChI=1S/C31H22N2O2S2/c34-30(35)21-32-26-13-7-8-14-28(26)37-31(32)29-20-19-27(36-29)22-15-17-25(18-16-22)33(23-9-3-1-4-10-23)24-11-5-2-6-12-24/h1-20H,21H2/p+1.